The van der Waals surface area contributed by atoms with Crippen molar-refractivity contribution in [1.29, 1.82) is 0 Å². The van der Waals surface area contributed by atoms with Gasteiger partial charge in [-0.2, -0.15) is 0 Å². The molecule has 0 fully saturated rings. The maximum Gasteiger partial charge on any atom is 0.419 e. The maximum absolute atomic E-state index is 13.1. The Kier molecular flexibility index (Phi) is 5.78. The van der Waals surface area contributed by atoms with Gasteiger partial charge in [-0.25, -0.2) is 9.36 Å². The van der Waals surface area contributed by atoms with Gasteiger partial charge in [0, 0.05) is 5.39 Å². The number of methoxy groups -OCH3 is 3. The third-order valence-electron chi connectivity index (χ3n) is 4.61. The van der Waals surface area contributed by atoms with Crippen LogP contribution < -0.4 is 14.2 Å². The number of fused-ring (bicyclic) bond motifs is 1. The summed E-state index contributed by atoms with van der Waals surface area (Å²) in [5, 5.41) is 0.909. The van der Waals surface area contributed by atoms with Gasteiger partial charge in [-0.15, -0.1) is 0 Å². The molecular formula is C24H27NO5. The lowest BCUT2D eigenvalue weighted by Gasteiger charge is -2.21. The highest BCUT2D eigenvalue weighted by Gasteiger charge is 2.24. The van der Waals surface area contributed by atoms with E-state index in [4.69, 9.17) is 18.9 Å². The van der Waals surface area contributed by atoms with Gasteiger partial charge in [-0.1, -0.05) is 24.8 Å². The van der Waals surface area contributed by atoms with Crippen molar-refractivity contribution < 1.29 is 23.7 Å². The summed E-state index contributed by atoms with van der Waals surface area (Å²) >= 11 is 0. The minimum Gasteiger partial charge on any atom is -0.493 e. The van der Waals surface area contributed by atoms with E-state index in [1.165, 1.54) is 0 Å². The summed E-state index contributed by atoms with van der Waals surface area (Å²) in [7, 11) is 4.66. The minimum absolute atomic E-state index is 0.465. The molecule has 0 atom stereocenters. The number of hydrogen-bond acceptors (Lipinski definition) is 5. The summed E-state index contributed by atoms with van der Waals surface area (Å²) < 4.78 is 23.5. The summed E-state index contributed by atoms with van der Waals surface area (Å²) in [4.78, 5) is 13.1. The molecule has 6 heteroatoms. The van der Waals surface area contributed by atoms with Crippen LogP contribution in [0.5, 0.6) is 17.2 Å². The van der Waals surface area contributed by atoms with Crippen LogP contribution in [-0.4, -0.2) is 37.6 Å². The lowest BCUT2D eigenvalue weighted by molar-refractivity contribution is 0.0543. The molecule has 0 amide bonds. The molecule has 0 bridgehead atoms. The predicted octanol–water partition coefficient (Wildman–Crippen LogP) is 5.51. The summed E-state index contributed by atoms with van der Waals surface area (Å²) in [5.74, 6) is 1.50. The number of aromatic nitrogens is 1. The van der Waals surface area contributed by atoms with E-state index in [0.717, 1.165) is 16.5 Å². The number of ether oxygens (including phenoxy) is 4. The summed E-state index contributed by atoms with van der Waals surface area (Å²) in [6, 6.07) is 13.2. The van der Waals surface area contributed by atoms with Crippen molar-refractivity contribution in [3.63, 3.8) is 0 Å². The molecule has 3 rings (SSSR count). The molecule has 6 nitrogen and oxygen atoms in total. The quantitative estimate of drug-likeness (QED) is 0.556. The summed E-state index contributed by atoms with van der Waals surface area (Å²) in [6.45, 7) is 9.77. The normalized spacial score (nSPS) is 11.3. The van der Waals surface area contributed by atoms with Crippen LogP contribution in [-0.2, 0) is 4.74 Å². The number of benzene rings is 2. The summed E-state index contributed by atoms with van der Waals surface area (Å²) in [5.41, 5.74) is 2.09. The molecular weight excluding hydrogens is 382 g/mol. The van der Waals surface area contributed by atoms with Crippen molar-refractivity contribution in [3.8, 4) is 17.2 Å². The SMILES string of the molecule is C=C(c1cc(OC)c(OC)c(OC)c1)c1cc2ccccc2n1C(=O)OC(C)(C)C. The molecule has 0 saturated carbocycles. The van der Waals surface area contributed by atoms with Gasteiger partial charge in [0.05, 0.1) is 32.5 Å². The monoisotopic (exact) mass is 409 g/mol. The van der Waals surface area contributed by atoms with Gasteiger partial charge in [0.15, 0.2) is 11.5 Å². The van der Waals surface area contributed by atoms with Crippen molar-refractivity contribution in [3.05, 3.63) is 60.3 Å². The standard InChI is InChI=1S/C24H27NO5/c1-15(17-13-20(27-5)22(29-7)21(14-17)28-6)19-12-16-10-8-9-11-18(16)25(19)23(26)30-24(2,3)4/h8-14H,1H2,2-7H3. The number of para-hydroxylation sites is 1. The number of carbonyl (C=O) groups excluding carboxylic acids is 1. The van der Waals surface area contributed by atoms with Gasteiger partial charge in [0.1, 0.15) is 5.60 Å². The molecule has 0 aliphatic heterocycles. The van der Waals surface area contributed by atoms with Crippen molar-refractivity contribution in [2.75, 3.05) is 21.3 Å². The second-order valence-electron chi connectivity index (χ2n) is 7.80. The first-order chi connectivity index (χ1) is 14.2. The number of rotatable bonds is 5. The first-order valence-corrected chi connectivity index (χ1v) is 9.53. The van der Waals surface area contributed by atoms with Crippen LogP contribution in [0.15, 0.2) is 49.0 Å². The molecule has 0 aliphatic rings. The average Bonchev–Trinajstić information content (AvgIpc) is 3.10. The maximum atomic E-state index is 13.1. The van der Waals surface area contributed by atoms with Crippen molar-refractivity contribution >= 4 is 22.6 Å². The first-order valence-electron chi connectivity index (χ1n) is 9.53. The molecule has 0 aliphatic carbocycles. The van der Waals surface area contributed by atoms with Crippen molar-refractivity contribution in [1.82, 2.24) is 4.57 Å². The lowest BCUT2D eigenvalue weighted by Crippen LogP contribution is -2.27. The topological polar surface area (TPSA) is 58.9 Å². The van der Waals surface area contributed by atoms with E-state index in [0.29, 0.717) is 28.5 Å². The van der Waals surface area contributed by atoms with Gasteiger partial charge >= 0.3 is 6.09 Å². The fraction of sp³-hybridized carbons (Fsp3) is 0.292. The molecule has 1 aromatic heterocycles. The van der Waals surface area contributed by atoms with E-state index in [2.05, 4.69) is 6.58 Å². The molecule has 0 N–H and O–H groups in total. The zero-order valence-electron chi connectivity index (χ0n) is 18.2. The molecule has 3 aromatic rings. The van der Waals surface area contributed by atoms with E-state index in [1.54, 1.807) is 38.0 Å². The average molecular weight is 409 g/mol. The van der Waals surface area contributed by atoms with E-state index >= 15 is 0 Å². The highest BCUT2D eigenvalue weighted by atomic mass is 16.6. The lowest BCUT2D eigenvalue weighted by atomic mass is 10.0. The molecule has 30 heavy (non-hydrogen) atoms. The van der Waals surface area contributed by atoms with Crippen LogP contribution in [0.1, 0.15) is 32.0 Å². The Hall–Kier alpha value is -3.41. The largest absolute Gasteiger partial charge is 0.493 e. The van der Waals surface area contributed by atoms with Crippen molar-refractivity contribution in [2.24, 2.45) is 0 Å². The molecule has 2 aromatic carbocycles. The summed E-state index contributed by atoms with van der Waals surface area (Å²) in [6.07, 6.45) is -0.465. The Labute approximate surface area is 176 Å². The van der Waals surface area contributed by atoms with E-state index in [-0.39, 0.29) is 0 Å². The van der Waals surface area contributed by atoms with E-state index in [9.17, 15) is 4.79 Å². The Bertz CT molecular complexity index is 1080. The van der Waals surface area contributed by atoms with Crippen LogP contribution in [0.2, 0.25) is 0 Å². The molecule has 0 saturated heterocycles. The minimum atomic E-state index is -0.631. The Morgan fingerprint density at radius 3 is 2.07 bits per heavy atom. The Morgan fingerprint density at radius 2 is 1.53 bits per heavy atom. The van der Waals surface area contributed by atoms with Crippen molar-refractivity contribution in [2.45, 2.75) is 26.4 Å². The molecule has 1 heterocycles. The Morgan fingerprint density at radius 1 is 0.933 bits per heavy atom. The number of hydrogen-bond donors (Lipinski definition) is 0. The van der Waals surface area contributed by atoms with Gasteiger partial charge in [0.25, 0.3) is 0 Å². The molecule has 0 unspecified atom stereocenters. The second kappa shape index (κ2) is 8.14. The fourth-order valence-corrected chi connectivity index (χ4v) is 3.28. The third-order valence-corrected chi connectivity index (χ3v) is 4.61. The smallest absolute Gasteiger partial charge is 0.419 e. The highest BCUT2D eigenvalue weighted by molar-refractivity contribution is 5.97. The molecule has 158 valence electrons. The zero-order chi connectivity index (χ0) is 22.1. The highest BCUT2D eigenvalue weighted by Crippen LogP contribution is 2.41. The van der Waals surface area contributed by atoms with Crippen LogP contribution in [0.4, 0.5) is 4.79 Å². The van der Waals surface area contributed by atoms with Crippen LogP contribution in [0, 0.1) is 0 Å². The van der Waals surface area contributed by atoms with E-state index in [1.807, 2.05) is 51.1 Å². The van der Waals surface area contributed by atoms with Gasteiger partial charge in [-0.05, 0) is 56.2 Å². The van der Waals surface area contributed by atoms with Crippen LogP contribution in [0.3, 0.4) is 0 Å². The van der Waals surface area contributed by atoms with E-state index < -0.39 is 11.7 Å². The number of nitrogens with zero attached hydrogens (tertiary/aromatic N) is 1. The Balaban J connectivity index is 2.18. The first kappa shape index (κ1) is 21.3. The van der Waals surface area contributed by atoms with Crippen LogP contribution in [0.25, 0.3) is 16.5 Å². The van der Waals surface area contributed by atoms with Gasteiger partial charge < -0.3 is 18.9 Å². The van der Waals surface area contributed by atoms with Crippen LogP contribution >= 0.6 is 0 Å². The second-order valence-corrected chi connectivity index (χ2v) is 7.80. The number of carbonyl (C=O) groups is 1. The zero-order valence-corrected chi connectivity index (χ0v) is 18.2. The molecule has 0 spiro atoms. The van der Waals surface area contributed by atoms with Gasteiger partial charge in [-0.3, -0.25) is 0 Å². The van der Waals surface area contributed by atoms with Gasteiger partial charge in [0.2, 0.25) is 5.75 Å². The third kappa shape index (κ3) is 3.99. The molecule has 0 radical (unpaired) electrons. The predicted molar refractivity (Wildman–Crippen MR) is 118 cm³/mol. The fourth-order valence-electron chi connectivity index (χ4n) is 3.28.